The first-order chi connectivity index (χ1) is 18.3. The lowest BCUT2D eigenvalue weighted by molar-refractivity contribution is -0.130. The second-order valence-corrected chi connectivity index (χ2v) is 10.1. The van der Waals surface area contributed by atoms with E-state index in [4.69, 9.17) is 0 Å². The molecule has 0 atom stereocenters. The minimum atomic E-state index is -0.675. The van der Waals surface area contributed by atoms with Crippen molar-refractivity contribution in [2.75, 3.05) is 5.32 Å². The van der Waals surface area contributed by atoms with Crippen LogP contribution in [-0.2, 0) is 17.9 Å². The first-order valence-corrected chi connectivity index (χ1v) is 12.6. The number of carbonyl (C=O) groups is 2. The average Bonchev–Trinajstić information content (AvgIpc) is 3.49. The fourth-order valence-corrected chi connectivity index (χ4v) is 4.86. The summed E-state index contributed by atoms with van der Waals surface area (Å²) in [5.41, 5.74) is 3.54. The second kappa shape index (κ2) is 9.16. The smallest absolute Gasteiger partial charge is 0.259 e. The van der Waals surface area contributed by atoms with Crippen molar-refractivity contribution in [1.29, 1.82) is 0 Å². The first-order valence-electron chi connectivity index (χ1n) is 12.6. The third-order valence-corrected chi connectivity index (χ3v) is 7.03. The number of anilines is 1. The number of imidazole rings is 1. The molecule has 4 aromatic rings. The molecule has 38 heavy (non-hydrogen) atoms. The number of halogens is 1. The van der Waals surface area contributed by atoms with Crippen LogP contribution in [0.15, 0.2) is 43.0 Å². The molecule has 4 heterocycles. The molecule has 0 bridgehead atoms. The molecular weight excluding hydrogens is 487 g/mol. The molecule has 0 radical (unpaired) electrons. The van der Waals surface area contributed by atoms with Gasteiger partial charge in [0.25, 0.3) is 5.91 Å². The fourth-order valence-electron chi connectivity index (χ4n) is 4.86. The fraction of sp³-hybridized carbons (Fsp3) is 0.333. The highest BCUT2D eigenvalue weighted by molar-refractivity contribution is 6.04. The molecule has 1 aromatic carbocycles. The van der Waals surface area contributed by atoms with Crippen LogP contribution in [0.3, 0.4) is 0 Å². The van der Waals surface area contributed by atoms with Gasteiger partial charge in [0.1, 0.15) is 23.7 Å². The highest BCUT2D eigenvalue weighted by Crippen LogP contribution is 2.42. The van der Waals surface area contributed by atoms with E-state index in [2.05, 4.69) is 25.5 Å². The number of nitrogens with one attached hydrogen (secondary N) is 1. The molecule has 1 N–H and O–H groups in total. The average molecular weight is 515 g/mol. The maximum atomic E-state index is 15.3. The predicted molar refractivity (Wildman–Crippen MR) is 137 cm³/mol. The molecule has 1 aliphatic heterocycles. The van der Waals surface area contributed by atoms with E-state index in [1.807, 2.05) is 23.0 Å². The van der Waals surface area contributed by atoms with Gasteiger partial charge in [-0.15, -0.1) is 10.2 Å². The Labute approximate surface area is 218 Å². The third-order valence-electron chi connectivity index (χ3n) is 7.03. The lowest BCUT2D eigenvalue weighted by Gasteiger charge is -2.19. The van der Waals surface area contributed by atoms with Crippen LogP contribution in [-0.4, -0.2) is 46.0 Å². The van der Waals surface area contributed by atoms with Crippen LogP contribution >= 0.6 is 0 Å². The summed E-state index contributed by atoms with van der Waals surface area (Å²) in [5, 5.41) is 10.9. The van der Waals surface area contributed by atoms with E-state index in [0.29, 0.717) is 35.2 Å². The lowest BCUT2D eigenvalue weighted by Crippen LogP contribution is -2.27. The molecule has 0 unspecified atom stereocenters. The van der Waals surface area contributed by atoms with Crippen molar-refractivity contribution in [3.8, 4) is 17.2 Å². The molecule has 194 valence electrons. The molecule has 2 aliphatic rings. The number of hydrogen-bond donors (Lipinski definition) is 1. The van der Waals surface area contributed by atoms with E-state index in [1.165, 1.54) is 19.1 Å². The molecule has 0 saturated heterocycles. The maximum Gasteiger partial charge on any atom is 0.259 e. The quantitative estimate of drug-likeness (QED) is 0.427. The molecule has 1 fully saturated rings. The van der Waals surface area contributed by atoms with E-state index in [-0.39, 0.29) is 29.9 Å². The van der Waals surface area contributed by atoms with Crippen LogP contribution in [0.4, 0.5) is 10.2 Å². The van der Waals surface area contributed by atoms with Crippen LogP contribution in [0, 0.1) is 5.82 Å². The van der Waals surface area contributed by atoms with Gasteiger partial charge in [0.15, 0.2) is 5.82 Å². The number of pyridine rings is 1. The number of hydrogen-bond acceptors (Lipinski definition) is 6. The molecular formula is C27H27FN8O2. The Balaban J connectivity index is 1.35. The van der Waals surface area contributed by atoms with Gasteiger partial charge in [0.2, 0.25) is 5.91 Å². The molecule has 0 spiro atoms. The van der Waals surface area contributed by atoms with E-state index in [1.54, 1.807) is 35.8 Å². The summed E-state index contributed by atoms with van der Waals surface area (Å²) >= 11 is 0. The van der Waals surface area contributed by atoms with Crippen LogP contribution in [0.2, 0.25) is 0 Å². The summed E-state index contributed by atoms with van der Waals surface area (Å²) in [4.78, 5) is 36.4. The van der Waals surface area contributed by atoms with Crippen molar-refractivity contribution >= 4 is 17.6 Å². The zero-order valence-corrected chi connectivity index (χ0v) is 21.3. The Bertz CT molecular complexity index is 1570. The van der Waals surface area contributed by atoms with Crippen LogP contribution in [0.1, 0.15) is 72.9 Å². The van der Waals surface area contributed by atoms with Crippen molar-refractivity contribution in [3.63, 3.8) is 0 Å². The van der Waals surface area contributed by atoms with Gasteiger partial charge in [-0.05, 0) is 56.5 Å². The number of nitrogens with zero attached hydrogens (tertiary/aromatic N) is 7. The topological polar surface area (TPSA) is 111 Å². The standard InChI is InChI=1S/C27H27FN8O2/c1-15(2)35-14-30-33-26(35)21-5-4-6-24(31-21)32-27(38)19-10-22-18(9-20(19)28)11-34(16(3)37)12-23-25(17-7-8-17)29-13-36(22)23/h4-6,9-10,13-15,17H,7-8,11-12H2,1-3H3,(H,31,32,38). The normalized spacial score (nSPS) is 14.7. The van der Waals surface area contributed by atoms with Gasteiger partial charge in [0, 0.05) is 25.4 Å². The van der Waals surface area contributed by atoms with E-state index >= 15 is 4.39 Å². The molecule has 6 rings (SSSR count). The third kappa shape index (κ3) is 4.23. The van der Waals surface area contributed by atoms with Crippen LogP contribution in [0.25, 0.3) is 17.2 Å². The molecule has 1 saturated carbocycles. The van der Waals surface area contributed by atoms with Gasteiger partial charge in [0.05, 0.1) is 35.5 Å². The van der Waals surface area contributed by atoms with Gasteiger partial charge < -0.3 is 19.4 Å². The largest absolute Gasteiger partial charge is 0.333 e. The Kier molecular flexibility index (Phi) is 5.77. The predicted octanol–water partition coefficient (Wildman–Crippen LogP) is 4.24. The number of rotatable bonds is 5. The summed E-state index contributed by atoms with van der Waals surface area (Å²) in [6, 6.07) is 8.16. The van der Waals surface area contributed by atoms with Gasteiger partial charge in [-0.1, -0.05) is 6.07 Å². The summed E-state index contributed by atoms with van der Waals surface area (Å²) < 4.78 is 19.1. The zero-order chi connectivity index (χ0) is 26.6. The van der Waals surface area contributed by atoms with Gasteiger partial charge in [-0.2, -0.15) is 0 Å². The van der Waals surface area contributed by atoms with Crippen LogP contribution < -0.4 is 5.32 Å². The Morgan fingerprint density at radius 1 is 1.13 bits per heavy atom. The summed E-state index contributed by atoms with van der Waals surface area (Å²) in [6.07, 6.45) is 5.46. The second-order valence-electron chi connectivity index (χ2n) is 10.1. The highest BCUT2D eigenvalue weighted by atomic mass is 19.1. The molecule has 10 nitrogen and oxygen atoms in total. The number of fused-ring (bicyclic) bond motifs is 3. The van der Waals surface area contributed by atoms with E-state index in [0.717, 1.165) is 24.2 Å². The molecule has 11 heteroatoms. The van der Waals surface area contributed by atoms with Crippen LogP contribution in [0.5, 0.6) is 0 Å². The zero-order valence-electron chi connectivity index (χ0n) is 21.3. The van der Waals surface area contributed by atoms with Gasteiger partial charge in [-0.25, -0.2) is 14.4 Å². The van der Waals surface area contributed by atoms with Crippen molar-refractivity contribution < 1.29 is 14.0 Å². The van der Waals surface area contributed by atoms with Crippen molar-refractivity contribution in [2.45, 2.75) is 58.7 Å². The minimum absolute atomic E-state index is 0.103. The Hall–Kier alpha value is -4.41. The molecule has 3 aromatic heterocycles. The molecule has 1 aliphatic carbocycles. The van der Waals surface area contributed by atoms with E-state index < -0.39 is 11.7 Å². The number of benzene rings is 1. The SMILES string of the molecule is CC(=O)N1Cc2cc(F)c(C(=O)Nc3cccc(-c4nncn4C(C)C)n3)cc2-n2cnc(C3CC3)c2C1. The number of carbonyl (C=O) groups excluding carboxylic acids is 2. The summed E-state index contributed by atoms with van der Waals surface area (Å²) in [6.45, 7) is 6.15. The number of aromatic nitrogens is 6. The summed E-state index contributed by atoms with van der Waals surface area (Å²) in [7, 11) is 0. The lowest BCUT2D eigenvalue weighted by atomic mass is 10.1. The monoisotopic (exact) mass is 514 g/mol. The highest BCUT2D eigenvalue weighted by Gasteiger charge is 2.33. The van der Waals surface area contributed by atoms with Gasteiger partial charge in [-0.3, -0.25) is 9.59 Å². The maximum absolute atomic E-state index is 15.3. The van der Waals surface area contributed by atoms with E-state index in [9.17, 15) is 9.59 Å². The first kappa shape index (κ1) is 24.0. The Morgan fingerprint density at radius 2 is 1.95 bits per heavy atom. The molecule has 2 amide bonds. The van der Waals surface area contributed by atoms with Crippen molar-refractivity contribution in [3.05, 3.63) is 71.3 Å². The minimum Gasteiger partial charge on any atom is -0.333 e. The van der Waals surface area contributed by atoms with Gasteiger partial charge >= 0.3 is 0 Å². The van der Waals surface area contributed by atoms with Crippen molar-refractivity contribution in [1.82, 2.24) is 34.2 Å². The summed E-state index contributed by atoms with van der Waals surface area (Å²) in [5.74, 6) is -0.189. The Morgan fingerprint density at radius 3 is 2.68 bits per heavy atom. The van der Waals surface area contributed by atoms with Crippen molar-refractivity contribution in [2.24, 2.45) is 0 Å². The number of amides is 2.